The van der Waals surface area contributed by atoms with Crippen LogP contribution in [0.1, 0.15) is 35.3 Å². The molecular weight excluding hydrogens is 458 g/mol. The summed E-state index contributed by atoms with van der Waals surface area (Å²) in [5.74, 6) is -0.320. The predicted octanol–water partition coefficient (Wildman–Crippen LogP) is 1.39. The first-order valence-corrected chi connectivity index (χ1v) is 12.2. The summed E-state index contributed by atoms with van der Waals surface area (Å²) in [5, 5.41) is 11.3. The third-order valence-electron chi connectivity index (χ3n) is 5.78. The second-order valence-electron chi connectivity index (χ2n) is 8.12. The quantitative estimate of drug-likeness (QED) is 0.473. The van der Waals surface area contributed by atoms with Crippen LogP contribution in [0.4, 0.5) is 5.82 Å². The standard InChI is InChI=1S/C22H25N7O4S/c1-13-3-6-16(34(31,32)28-14-4-5-15(7-8-23)33-12-14)9-17(13)19-10-26-21-20(24)27-18(11-29(19)21)22(30)25-2/h3,6,9-11,14-15,28H,4-5,7,12H2,1-2H3,(H2,24,27)(H,25,30)/t14?,15-/m1/s1. The highest BCUT2D eigenvalue weighted by Crippen LogP contribution is 2.29. The summed E-state index contributed by atoms with van der Waals surface area (Å²) < 4.78 is 36.2. The zero-order valence-corrected chi connectivity index (χ0v) is 19.6. The van der Waals surface area contributed by atoms with Gasteiger partial charge in [-0.2, -0.15) is 5.26 Å². The maximum Gasteiger partial charge on any atom is 0.271 e. The third kappa shape index (κ3) is 4.58. The Bertz CT molecular complexity index is 1390. The van der Waals surface area contributed by atoms with E-state index < -0.39 is 15.9 Å². The topological polar surface area (TPSA) is 164 Å². The van der Waals surface area contributed by atoms with Gasteiger partial charge in [0, 0.05) is 24.8 Å². The van der Waals surface area contributed by atoms with Crippen molar-refractivity contribution in [3.05, 3.63) is 41.9 Å². The first-order valence-electron chi connectivity index (χ1n) is 10.7. The fraction of sp³-hybridized carbons (Fsp3) is 0.364. The van der Waals surface area contributed by atoms with Crippen molar-refractivity contribution >= 4 is 27.4 Å². The highest BCUT2D eigenvalue weighted by molar-refractivity contribution is 7.89. The van der Waals surface area contributed by atoms with Crippen LogP contribution in [0, 0.1) is 18.3 Å². The number of nitrogens with two attached hydrogens (primary N) is 1. The van der Waals surface area contributed by atoms with E-state index in [1.807, 2.05) is 6.92 Å². The van der Waals surface area contributed by atoms with E-state index in [4.69, 9.17) is 15.7 Å². The van der Waals surface area contributed by atoms with Crippen molar-refractivity contribution in [2.75, 3.05) is 19.4 Å². The van der Waals surface area contributed by atoms with E-state index in [9.17, 15) is 13.2 Å². The summed E-state index contributed by atoms with van der Waals surface area (Å²) in [6, 6.07) is 6.53. The Labute approximate surface area is 197 Å². The van der Waals surface area contributed by atoms with Gasteiger partial charge in [0.15, 0.2) is 11.5 Å². The first kappa shape index (κ1) is 23.6. The molecule has 12 heteroatoms. The molecule has 178 valence electrons. The molecule has 4 N–H and O–H groups in total. The highest BCUT2D eigenvalue weighted by Gasteiger charge is 2.27. The number of aryl methyl sites for hydroxylation is 1. The van der Waals surface area contributed by atoms with Gasteiger partial charge in [-0.05, 0) is 37.5 Å². The van der Waals surface area contributed by atoms with Gasteiger partial charge in [-0.1, -0.05) is 6.07 Å². The van der Waals surface area contributed by atoms with Crippen LogP contribution in [0.25, 0.3) is 16.9 Å². The van der Waals surface area contributed by atoms with Crippen LogP contribution < -0.4 is 15.8 Å². The SMILES string of the molecule is CNC(=O)c1cn2c(-c3cc(S(=O)(=O)NC4CC[C@H](CC#N)OC4)ccc3C)cnc2c(N)n1. The summed E-state index contributed by atoms with van der Waals surface area (Å²) >= 11 is 0. The maximum absolute atomic E-state index is 13.1. The maximum atomic E-state index is 13.1. The number of nitriles is 1. The lowest BCUT2D eigenvalue weighted by molar-refractivity contribution is 0.00523. The van der Waals surface area contributed by atoms with Crippen LogP contribution >= 0.6 is 0 Å². The molecule has 1 amide bonds. The third-order valence-corrected chi connectivity index (χ3v) is 7.30. The number of aromatic nitrogens is 3. The Balaban J connectivity index is 1.67. The summed E-state index contributed by atoms with van der Waals surface area (Å²) in [7, 11) is -2.34. The molecule has 2 atom stereocenters. The number of carbonyl (C=O) groups excluding carboxylic acids is 1. The van der Waals surface area contributed by atoms with Crippen LogP contribution in [0.2, 0.25) is 0 Å². The number of hydrogen-bond donors (Lipinski definition) is 3. The zero-order valence-electron chi connectivity index (χ0n) is 18.8. The largest absolute Gasteiger partial charge is 0.381 e. The van der Waals surface area contributed by atoms with E-state index in [2.05, 4.69) is 26.1 Å². The lowest BCUT2D eigenvalue weighted by atomic mass is 10.0. The van der Waals surface area contributed by atoms with Gasteiger partial charge in [-0.25, -0.2) is 23.1 Å². The fourth-order valence-corrected chi connectivity index (χ4v) is 5.22. The molecule has 1 unspecified atom stereocenters. The van der Waals surface area contributed by atoms with Crippen LogP contribution in [0.3, 0.4) is 0 Å². The molecule has 1 aliphatic heterocycles. The number of hydrogen-bond acceptors (Lipinski definition) is 8. The Morgan fingerprint density at radius 2 is 2.18 bits per heavy atom. The monoisotopic (exact) mass is 483 g/mol. The summed E-state index contributed by atoms with van der Waals surface area (Å²) in [4.78, 5) is 20.6. The second-order valence-corrected chi connectivity index (χ2v) is 9.83. The van der Waals surface area contributed by atoms with Gasteiger partial charge < -0.3 is 15.8 Å². The molecule has 0 aliphatic carbocycles. The summed E-state index contributed by atoms with van der Waals surface area (Å²) in [5.41, 5.74) is 8.49. The minimum absolute atomic E-state index is 0.0856. The van der Waals surface area contributed by atoms with Crippen LogP contribution in [0.5, 0.6) is 0 Å². The number of carbonyl (C=O) groups is 1. The Kier molecular flexibility index (Phi) is 6.52. The molecule has 1 aromatic carbocycles. The number of fused-ring (bicyclic) bond motifs is 1. The van der Waals surface area contributed by atoms with E-state index in [1.165, 1.54) is 13.2 Å². The van der Waals surface area contributed by atoms with E-state index >= 15 is 0 Å². The van der Waals surface area contributed by atoms with Gasteiger partial charge >= 0.3 is 0 Å². The van der Waals surface area contributed by atoms with Gasteiger partial charge in [-0.15, -0.1) is 0 Å². The van der Waals surface area contributed by atoms with Gasteiger partial charge in [0.1, 0.15) is 5.69 Å². The molecule has 0 saturated carbocycles. The van der Waals surface area contributed by atoms with Gasteiger partial charge in [0.25, 0.3) is 5.91 Å². The molecule has 1 fully saturated rings. The average molecular weight is 484 g/mol. The van der Waals surface area contributed by atoms with E-state index in [1.54, 1.807) is 28.8 Å². The van der Waals surface area contributed by atoms with E-state index in [0.29, 0.717) is 36.2 Å². The molecule has 0 bridgehead atoms. The summed E-state index contributed by atoms with van der Waals surface area (Å²) in [6.07, 6.45) is 4.42. The number of benzene rings is 1. The van der Waals surface area contributed by atoms with Crippen LogP contribution in [-0.2, 0) is 14.8 Å². The molecule has 11 nitrogen and oxygen atoms in total. The molecule has 0 spiro atoms. The minimum atomic E-state index is -3.83. The molecule has 3 heterocycles. The van der Waals surface area contributed by atoms with Crippen LogP contribution in [-0.4, -0.2) is 54.5 Å². The highest BCUT2D eigenvalue weighted by atomic mass is 32.2. The van der Waals surface area contributed by atoms with Gasteiger partial charge in [-0.3, -0.25) is 9.20 Å². The normalized spacial score (nSPS) is 18.5. The van der Waals surface area contributed by atoms with Crippen molar-refractivity contribution in [1.82, 2.24) is 24.4 Å². The smallest absolute Gasteiger partial charge is 0.271 e. The Hall–Kier alpha value is -3.53. The summed E-state index contributed by atoms with van der Waals surface area (Å²) in [6.45, 7) is 2.07. The zero-order chi connectivity index (χ0) is 24.5. The number of amides is 1. The number of imidazole rings is 1. The van der Waals surface area contributed by atoms with Crippen molar-refractivity contribution in [2.45, 2.75) is 43.2 Å². The second kappa shape index (κ2) is 9.38. The molecule has 34 heavy (non-hydrogen) atoms. The molecular formula is C22H25N7O4S. The van der Waals surface area contributed by atoms with Crippen molar-refractivity contribution in [1.29, 1.82) is 5.26 Å². The molecule has 4 rings (SSSR count). The predicted molar refractivity (Wildman–Crippen MR) is 124 cm³/mol. The number of sulfonamides is 1. The minimum Gasteiger partial charge on any atom is -0.381 e. The lowest BCUT2D eigenvalue weighted by Gasteiger charge is -2.28. The Morgan fingerprint density at radius 1 is 1.38 bits per heavy atom. The van der Waals surface area contributed by atoms with Crippen LogP contribution in [0.15, 0.2) is 35.5 Å². The number of nitrogens with zero attached hydrogens (tertiary/aromatic N) is 4. The number of rotatable bonds is 6. The molecule has 0 radical (unpaired) electrons. The van der Waals surface area contributed by atoms with Gasteiger partial charge in [0.2, 0.25) is 10.0 Å². The van der Waals surface area contributed by atoms with Crippen molar-refractivity contribution < 1.29 is 17.9 Å². The van der Waals surface area contributed by atoms with E-state index in [-0.39, 0.29) is 35.2 Å². The molecule has 3 aromatic rings. The Morgan fingerprint density at radius 3 is 2.85 bits per heavy atom. The van der Waals surface area contributed by atoms with Crippen molar-refractivity contribution in [3.8, 4) is 17.3 Å². The van der Waals surface area contributed by atoms with Crippen molar-refractivity contribution in [3.63, 3.8) is 0 Å². The van der Waals surface area contributed by atoms with Gasteiger partial charge in [0.05, 0.1) is 42.0 Å². The average Bonchev–Trinajstić information content (AvgIpc) is 3.24. The van der Waals surface area contributed by atoms with E-state index in [0.717, 1.165) is 5.56 Å². The number of nitrogen functional groups attached to an aromatic ring is 1. The lowest BCUT2D eigenvalue weighted by Crippen LogP contribution is -2.42. The van der Waals surface area contributed by atoms with Crippen molar-refractivity contribution in [2.24, 2.45) is 0 Å². The molecule has 2 aromatic heterocycles. The molecule has 1 saturated heterocycles. The number of nitrogens with one attached hydrogen (secondary N) is 2. The number of ether oxygens (including phenoxy) is 1. The fourth-order valence-electron chi connectivity index (χ4n) is 3.94. The molecule has 1 aliphatic rings. The number of anilines is 1. The first-order chi connectivity index (χ1) is 16.2.